The summed E-state index contributed by atoms with van der Waals surface area (Å²) in [6.07, 6.45) is -0.926. The van der Waals surface area contributed by atoms with Crippen LogP contribution in [-0.2, 0) is 9.53 Å². The van der Waals surface area contributed by atoms with E-state index in [1.54, 1.807) is 6.92 Å². The molecule has 1 aromatic heterocycles. The Labute approximate surface area is 162 Å². The first kappa shape index (κ1) is 18.8. The zero-order valence-corrected chi connectivity index (χ0v) is 16.2. The van der Waals surface area contributed by atoms with E-state index >= 15 is 0 Å². The van der Waals surface area contributed by atoms with Crippen molar-refractivity contribution in [1.29, 1.82) is 0 Å². The first-order chi connectivity index (χ1) is 12.9. The third-order valence-corrected chi connectivity index (χ3v) is 4.89. The van der Waals surface area contributed by atoms with Gasteiger partial charge < -0.3 is 10.1 Å². The van der Waals surface area contributed by atoms with Crippen molar-refractivity contribution in [3.63, 3.8) is 0 Å². The van der Waals surface area contributed by atoms with Crippen molar-refractivity contribution >= 4 is 28.9 Å². The predicted molar refractivity (Wildman–Crippen MR) is 107 cm³/mol. The fourth-order valence-electron chi connectivity index (χ4n) is 2.51. The molecule has 0 saturated carbocycles. The summed E-state index contributed by atoms with van der Waals surface area (Å²) in [7, 11) is 0. The minimum Gasteiger partial charge on any atom is -0.448 e. The van der Waals surface area contributed by atoms with Gasteiger partial charge in [-0.25, -0.2) is 9.78 Å². The third-order valence-electron chi connectivity index (χ3n) is 3.94. The van der Waals surface area contributed by atoms with E-state index in [1.165, 1.54) is 11.3 Å². The molecule has 5 nitrogen and oxygen atoms in total. The maximum Gasteiger partial charge on any atom is 0.351 e. The van der Waals surface area contributed by atoms with Crippen molar-refractivity contribution in [3.05, 3.63) is 70.0 Å². The third kappa shape index (κ3) is 4.60. The molecule has 3 rings (SSSR count). The van der Waals surface area contributed by atoms with Crippen LogP contribution in [0.15, 0.2) is 54.6 Å². The lowest BCUT2D eigenvalue weighted by Crippen LogP contribution is -2.29. The van der Waals surface area contributed by atoms with Gasteiger partial charge in [-0.2, -0.15) is 0 Å². The Morgan fingerprint density at radius 3 is 2.37 bits per heavy atom. The van der Waals surface area contributed by atoms with E-state index in [0.717, 1.165) is 16.1 Å². The lowest BCUT2D eigenvalue weighted by molar-refractivity contribution is -0.123. The van der Waals surface area contributed by atoms with Crippen LogP contribution in [0.3, 0.4) is 0 Å². The Kier molecular flexibility index (Phi) is 5.66. The van der Waals surface area contributed by atoms with Crippen molar-refractivity contribution in [1.82, 2.24) is 4.98 Å². The monoisotopic (exact) mass is 380 g/mol. The summed E-state index contributed by atoms with van der Waals surface area (Å²) in [6.45, 7) is 5.36. The molecule has 1 heterocycles. The lowest BCUT2D eigenvalue weighted by Gasteiger charge is -2.13. The Morgan fingerprint density at radius 1 is 1.04 bits per heavy atom. The summed E-state index contributed by atoms with van der Waals surface area (Å²) in [4.78, 5) is 29.8. The Balaban J connectivity index is 1.71. The number of carbonyl (C=O) groups is 2. The van der Waals surface area contributed by atoms with Gasteiger partial charge in [-0.15, -0.1) is 11.3 Å². The molecule has 3 aromatic rings. The normalized spacial score (nSPS) is 11.7. The van der Waals surface area contributed by atoms with E-state index in [4.69, 9.17) is 4.74 Å². The van der Waals surface area contributed by atoms with Gasteiger partial charge in [-0.3, -0.25) is 4.79 Å². The average molecular weight is 380 g/mol. The lowest BCUT2D eigenvalue weighted by atomic mass is 10.1. The fourth-order valence-corrected chi connectivity index (χ4v) is 3.33. The second kappa shape index (κ2) is 8.14. The van der Waals surface area contributed by atoms with Crippen LogP contribution in [0.2, 0.25) is 0 Å². The van der Waals surface area contributed by atoms with Crippen LogP contribution >= 0.6 is 11.3 Å². The Hall–Kier alpha value is -2.99. The van der Waals surface area contributed by atoms with Gasteiger partial charge in [0.2, 0.25) is 0 Å². The van der Waals surface area contributed by atoms with Crippen LogP contribution in [0.5, 0.6) is 0 Å². The van der Waals surface area contributed by atoms with Crippen LogP contribution in [0.25, 0.3) is 11.3 Å². The number of ether oxygens (including phenoxy) is 1. The van der Waals surface area contributed by atoms with Crippen molar-refractivity contribution in [2.45, 2.75) is 26.9 Å². The number of carbonyl (C=O) groups excluding carboxylic acids is 2. The van der Waals surface area contributed by atoms with E-state index in [9.17, 15) is 9.59 Å². The molecule has 1 atom stereocenters. The molecule has 0 saturated heterocycles. The predicted octanol–water partition coefficient (Wildman–Crippen LogP) is 4.61. The maximum atomic E-state index is 12.6. The standard InChI is InChI=1S/C21H20N2O3S/c1-13-9-11-17(12-10-13)23-20(24)14(2)26-21(25)19-18(22-15(3)27-19)16-7-5-4-6-8-16/h4-12,14H,1-3H3,(H,23,24)/t14-/m0/s1. The number of aromatic nitrogens is 1. The molecule has 0 radical (unpaired) electrons. The van der Waals surface area contributed by atoms with E-state index in [-0.39, 0.29) is 5.91 Å². The van der Waals surface area contributed by atoms with Gasteiger partial charge in [0, 0.05) is 11.3 Å². The molecule has 2 aromatic carbocycles. The molecule has 0 aliphatic rings. The minimum atomic E-state index is -0.926. The SMILES string of the molecule is Cc1ccc(NC(=O)[C@H](C)OC(=O)c2sc(C)nc2-c2ccccc2)cc1. The molecule has 0 bridgehead atoms. The molecule has 138 valence electrons. The number of hydrogen-bond acceptors (Lipinski definition) is 5. The molecule has 6 heteroatoms. The van der Waals surface area contributed by atoms with Gasteiger partial charge in [0.25, 0.3) is 5.91 Å². The maximum absolute atomic E-state index is 12.6. The molecular weight excluding hydrogens is 360 g/mol. The second-order valence-electron chi connectivity index (χ2n) is 6.18. The number of esters is 1. The largest absolute Gasteiger partial charge is 0.448 e. The number of rotatable bonds is 5. The topological polar surface area (TPSA) is 68.3 Å². The summed E-state index contributed by atoms with van der Waals surface area (Å²) in [6, 6.07) is 16.9. The number of thiazole rings is 1. The summed E-state index contributed by atoms with van der Waals surface area (Å²) in [5.74, 6) is -0.930. The van der Waals surface area contributed by atoms with Gasteiger partial charge in [0.15, 0.2) is 6.10 Å². The summed E-state index contributed by atoms with van der Waals surface area (Å²) in [5, 5.41) is 3.51. The van der Waals surface area contributed by atoms with Gasteiger partial charge in [0.1, 0.15) is 4.88 Å². The number of nitrogens with one attached hydrogen (secondary N) is 1. The highest BCUT2D eigenvalue weighted by molar-refractivity contribution is 7.14. The smallest absolute Gasteiger partial charge is 0.351 e. The number of aryl methyl sites for hydroxylation is 2. The van der Waals surface area contributed by atoms with Gasteiger partial charge >= 0.3 is 5.97 Å². The second-order valence-corrected chi connectivity index (χ2v) is 7.38. The number of hydrogen-bond donors (Lipinski definition) is 1. The Morgan fingerprint density at radius 2 is 1.70 bits per heavy atom. The van der Waals surface area contributed by atoms with Crippen LogP contribution in [0.4, 0.5) is 5.69 Å². The highest BCUT2D eigenvalue weighted by Crippen LogP contribution is 2.29. The molecule has 0 spiro atoms. The van der Waals surface area contributed by atoms with Gasteiger partial charge in [-0.1, -0.05) is 48.0 Å². The Bertz CT molecular complexity index is 949. The zero-order valence-electron chi connectivity index (χ0n) is 15.4. The number of benzene rings is 2. The van der Waals surface area contributed by atoms with Crippen LogP contribution in [0, 0.1) is 13.8 Å². The highest BCUT2D eigenvalue weighted by atomic mass is 32.1. The van der Waals surface area contributed by atoms with E-state index in [0.29, 0.717) is 16.3 Å². The van der Waals surface area contributed by atoms with Gasteiger partial charge in [0.05, 0.1) is 10.7 Å². The molecule has 0 unspecified atom stereocenters. The van der Waals surface area contributed by atoms with Crippen LogP contribution < -0.4 is 5.32 Å². The molecule has 27 heavy (non-hydrogen) atoms. The quantitative estimate of drug-likeness (QED) is 0.656. The van der Waals surface area contributed by atoms with E-state index < -0.39 is 12.1 Å². The first-order valence-corrected chi connectivity index (χ1v) is 9.37. The molecule has 0 aliphatic carbocycles. The average Bonchev–Trinajstić information content (AvgIpc) is 3.06. The summed E-state index contributed by atoms with van der Waals surface area (Å²) in [5.41, 5.74) is 3.17. The van der Waals surface area contributed by atoms with E-state index in [2.05, 4.69) is 10.3 Å². The zero-order chi connectivity index (χ0) is 19.4. The fraction of sp³-hybridized carbons (Fsp3) is 0.190. The minimum absolute atomic E-state index is 0.380. The van der Waals surface area contributed by atoms with Gasteiger partial charge in [-0.05, 0) is 32.9 Å². The van der Waals surface area contributed by atoms with Crippen LogP contribution in [0.1, 0.15) is 27.2 Å². The molecule has 1 N–H and O–H groups in total. The molecule has 0 fully saturated rings. The van der Waals surface area contributed by atoms with Crippen LogP contribution in [-0.4, -0.2) is 23.0 Å². The van der Waals surface area contributed by atoms with Crippen molar-refractivity contribution < 1.29 is 14.3 Å². The molecule has 1 amide bonds. The van der Waals surface area contributed by atoms with Crippen molar-refractivity contribution in [2.75, 3.05) is 5.32 Å². The molecular formula is C21H20N2O3S. The number of amides is 1. The summed E-state index contributed by atoms with van der Waals surface area (Å²) < 4.78 is 5.39. The van der Waals surface area contributed by atoms with Crippen molar-refractivity contribution in [2.24, 2.45) is 0 Å². The number of anilines is 1. The highest BCUT2D eigenvalue weighted by Gasteiger charge is 2.24. The summed E-state index contributed by atoms with van der Waals surface area (Å²) >= 11 is 1.26. The number of nitrogens with zero attached hydrogens (tertiary/aromatic N) is 1. The molecule has 0 aliphatic heterocycles. The van der Waals surface area contributed by atoms with Crippen molar-refractivity contribution in [3.8, 4) is 11.3 Å². The van der Waals surface area contributed by atoms with E-state index in [1.807, 2.05) is 68.4 Å². The first-order valence-electron chi connectivity index (χ1n) is 8.55.